The largest absolute Gasteiger partial charge is 0.444 e. The molecule has 2 rings (SSSR count). The average Bonchev–Trinajstić information content (AvgIpc) is 3.00. The van der Waals surface area contributed by atoms with Crippen LogP contribution in [0.4, 0.5) is 4.79 Å². The van der Waals surface area contributed by atoms with Crippen molar-refractivity contribution in [2.24, 2.45) is 0 Å². The van der Waals surface area contributed by atoms with Gasteiger partial charge >= 0.3 is 6.09 Å². The topological polar surface area (TPSA) is 68.7 Å². The quantitative estimate of drug-likeness (QED) is 0.770. The van der Waals surface area contributed by atoms with E-state index in [2.05, 4.69) is 4.98 Å². The Balaban J connectivity index is 1.84. The SMILES string of the molecule is CC(C)(C)OC(=O)N1CCCC[C@@H]1COCC(=O)c1nccs1. The van der Waals surface area contributed by atoms with E-state index in [0.717, 1.165) is 19.3 Å². The van der Waals surface area contributed by atoms with Crippen molar-refractivity contribution in [1.29, 1.82) is 0 Å². The lowest BCUT2D eigenvalue weighted by molar-refractivity contribution is -0.00622. The Bertz CT molecular complexity index is 525. The third kappa shape index (κ3) is 5.58. The minimum absolute atomic E-state index is 0.00777. The van der Waals surface area contributed by atoms with Crippen molar-refractivity contribution in [3.05, 3.63) is 16.6 Å². The Morgan fingerprint density at radius 3 is 2.83 bits per heavy atom. The molecule has 23 heavy (non-hydrogen) atoms. The predicted molar refractivity (Wildman–Crippen MR) is 87.8 cm³/mol. The van der Waals surface area contributed by atoms with Gasteiger partial charge in [0.1, 0.15) is 12.2 Å². The molecule has 0 saturated carbocycles. The second-order valence-corrected chi connectivity index (χ2v) is 7.49. The summed E-state index contributed by atoms with van der Waals surface area (Å²) >= 11 is 1.30. The number of rotatable bonds is 5. The second-order valence-electron chi connectivity index (χ2n) is 6.60. The van der Waals surface area contributed by atoms with Crippen LogP contribution in [0.1, 0.15) is 49.8 Å². The number of Topliss-reactive ketones (excluding diaryl/α,β-unsaturated/α-hetero) is 1. The van der Waals surface area contributed by atoms with E-state index in [0.29, 0.717) is 18.2 Å². The maximum atomic E-state index is 12.3. The molecule has 128 valence electrons. The highest BCUT2D eigenvalue weighted by atomic mass is 32.1. The lowest BCUT2D eigenvalue weighted by Gasteiger charge is -2.36. The lowest BCUT2D eigenvalue weighted by Crippen LogP contribution is -2.48. The Morgan fingerprint density at radius 2 is 2.17 bits per heavy atom. The first-order valence-corrected chi connectivity index (χ1v) is 8.75. The molecule has 1 aliphatic heterocycles. The molecule has 1 aliphatic rings. The van der Waals surface area contributed by atoms with E-state index in [-0.39, 0.29) is 24.5 Å². The highest BCUT2D eigenvalue weighted by Gasteiger charge is 2.30. The molecule has 1 atom stereocenters. The fourth-order valence-electron chi connectivity index (χ4n) is 2.45. The number of hydrogen-bond acceptors (Lipinski definition) is 6. The van der Waals surface area contributed by atoms with Gasteiger partial charge in [-0.3, -0.25) is 4.79 Å². The van der Waals surface area contributed by atoms with Crippen LogP contribution in [0.2, 0.25) is 0 Å². The Morgan fingerprint density at radius 1 is 1.39 bits per heavy atom. The smallest absolute Gasteiger partial charge is 0.410 e. The Kier molecular flexibility index (Phi) is 6.12. The van der Waals surface area contributed by atoms with Gasteiger partial charge in [0, 0.05) is 18.1 Å². The van der Waals surface area contributed by atoms with Crippen LogP contribution in [-0.4, -0.2) is 53.2 Å². The number of nitrogens with zero attached hydrogens (tertiary/aromatic N) is 2. The number of ether oxygens (including phenoxy) is 2. The maximum Gasteiger partial charge on any atom is 0.410 e. The van der Waals surface area contributed by atoms with Crippen molar-refractivity contribution in [2.45, 2.75) is 51.7 Å². The number of piperidine rings is 1. The van der Waals surface area contributed by atoms with E-state index in [1.54, 1.807) is 16.5 Å². The van der Waals surface area contributed by atoms with E-state index in [9.17, 15) is 9.59 Å². The molecule has 0 unspecified atom stereocenters. The molecule has 0 radical (unpaired) electrons. The molecule has 0 aliphatic carbocycles. The molecule has 1 fully saturated rings. The second kappa shape index (κ2) is 7.88. The number of likely N-dealkylation sites (tertiary alicyclic amines) is 1. The highest BCUT2D eigenvalue weighted by Crippen LogP contribution is 2.20. The molecule has 2 heterocycles. The molecule has 0 spiro atoms. The van der Waals surface area contributed by atoms with Gasteiger partial charge in [0.25, 0.3) is 0 Å². The summed E-state index contributed by atoms with van der Waals surface area (Å²) in [5.41, 5.74) is -0.513. The Hall–Kier alpha value is -1.47. The van der Waals surface area contributed by atoms with Crippen molar-refractivity contribution in [3.63, 3.8) is 0 Å². The molecule has 0 aromatic carbocycles. The number of hydrogen-bond donors (Lipinski definition) is 0. The molecular weight excluding hydrogens is 316 g/mol. The van der Waals surface area contributed by atoms with Gasteiger partial charge in [-0.15, -0.1) is 11.3 Å². The summed E-state index contributed by atoms with van der Waals surface area (Å²) in [6.45, 7) is 6.57. The van der Waals surface area contributed by atoms with Crippen molar-refractivity contribution in [2.75, 3.05) is 19.8 Å². The zero-order valence-electron chi connectivity index (χ0n) is 13.9. The molecule has 1 aromatic heterocycles. The standard InChI is InChI=1S/C16H24N2O4S/c1-16(2,3)22-15(20)18-8-5-4-6-12(18)10-21-11-13(19)14-17-7-9-23-14/h7,9,12H,4-6,8,10-11H2,1-3H3/t12-/m1/s1. The van der Waals surface area contributed by atoms with E-state index in [1.165, 1.54) is 11.3 Å². The van der Waals surface area contributed by atoms with Crippen molar-refractivity contribution in [3.8, 4) is 0 Å². The minimum Gasteiger partial charge on any atom is -0.444 e. The fraction of sp³-hybridized carbons (Fsp3) is 0.688. The molecule has 6 nitrogen and oxygen atoms in total. The van der Waals surface area contributed by atoms with Crippen molar-refractivity contribution < 1.29 is 19.1 Å². The summed E-state index contributed by atoms with van der Waals surface area (Å²) in [6, 6.07) is -0.0392. The monoisotopic (exact) mass is 340 g/mol. The van der Waals surface area contributed by atoms with Gasteiger partial charge < -0.3 is 14.4 Å². The summed E-state index contributed by atoms with van der Waals surface area (Å²) < 4.78 is 11.0. The average molecular weight is 340 g/mol. The normalized spacial score (nSPS) is 18.7. The van der Waals surface area contributed by atoms with E-state index < -0.39 is 5.60 Å². The van der Waals surface area contributed by atoms with Gasteiger partial charge in [-0.05, 0) is 40.0 Å². The number of amides is 1. The van der Waals surface area contributed by atoms with Gasteiger partial charge in [-0.1, -0.05) is 0 Å². The van der Waals surface area contributed by atoms with Gasteiger partial charge in [0.05, 0.1) is 12.6 Å². The lowest BCUT2D eigenvalue weighted by atomic mass is 10.0. The molecule has 1 amide bonds. The molecule has 0 N–H and O–H groups in total. The van der Waals surface area contributed by atoms with Crippen molar-refractivity contribution >= 4 is 23.2 Å². The first-order valence-electron chi connectivity index (χ1n) is 7.87. The van der Waals surface area contributed by atoms with E-state index in [4.69, 9.17) is 9.47 Å². The highest BCUT2D eigenvalue weighted by molar-refractivity contribution is 7.11. The van der Waals surface area contributed by atoms with Crippen molar-refractivity contribution in [1.82, 2.24) is 9.88 Å². The summed E-state index contributed by atoms with van der Waals surface area (Å²) in [5.74, 6) is -0.125. The third-order valence-electron chi connectivity index (χ3n) is 3.47. The molecule has 1 aromatic rings. The zero-order valence-corrected chi connectivity index (χ0v) is 14.7. The summed E-state index contributed by atoms with van der Waals surface area (Å²) in [6.07, 6.45) is 4.17. The third-order valence-corrected chi connectivity index (χ3v) is 4.28. The first kappa shape index (κ1) is 17.9. The van der Waals surface area contributed by atoms with Crippen LogP contribution in [0.3, 0.4) is 0 Å². The van der Waals surface area contributed by atoms with Crippen LogP contribution in [0.5, 0.6) is 0 Å². The molecule has 7 heteroatoms. The number of aromatic nitrogens is 1. The van der Waals surface area contributed by atoms with Crippen LogP contribution in [-0.2, 0) is 9.47 Å². The molecule has 0 bridgehead atoms. The molecule has 1 saturated heterocycles. The van der Waals surface area contributed by atoms with E-state index >= 15 is 0 Å². The zero-order chi connectivity index (χ0) is 16.9. The minimum atomic E-state index is -0.513. The van der Waals surface area contributed by atoms with Gasteiger partial charge in [-0.25, -0.2) is 9.78 Å². The Labute approximate surface area is 140 Å². The summed E-state index contributed by atoms with van der Waals surface area (Å²) in [4.78, 5) is 29.8. The van der Waals surface area contributed by atoms with Crippen LogP contribution < -0.4 is 0 Å². The van der Waals surface area contributed by atoms with Crippen LogP contribution in [0.25, 0.3) is 0 Å². The van der Waals surface area contributed by atoms with Crippen LogP contribution in [0, 0.1) is 0 Å². The fourth-order valence-corrected chi connectivity index (χ4v) is 3.01. The number of ketones is 1. The van der Waals surface area contributed by atoms with Crippen LogP contribution >= 0.6 is 11.3 Å². The van der Waals surface area contributed by atoms with Gasteiger partial charge in [0.15, 0.2) is 5.01 Å². The number of carbonyl (C=O) groups is 2. The molecular formula is C16H24N2O4S. The summed E-state index contributed by atoms with van der Waals surface area (Å²) in [7, 11) is 0. The van der Waals surface area contributed by atoms with Gasteiger partial charge in [0.2, 0.25) is 5.78 Å². The van der Waals surface area contributed by atoms with E-state index in [1.807, 2.05) is 20.8 Å². The first-order chi connectivity index (χ1) is 10.9. The predicted octanol–water partition coefficient (Wildman–Crippen LogP) is 3.13. The number of carbonyl (C=O) groups excluding carboxylic acids is 2. The maximum absolute atomic E-state index is 12.3. The number of thiazole rings is 1. The summed E-state index contributed by atoms with van der Waals surface area (Å²) in [5, 5.41) is 2.22. The van der Waals surface area contributed by atoms with Crippen LogP contribution in [0.15, 0.2) is 11.6 Å². The van der Waals surface area contributed by atoms with Gasteiger partial charge in [-0.2, -0.15) is 0 Å².